The monoisotopic (exact) mass is 450 g/mol. The highest BCUT2D eigenvalue weighted by Crippen LogP contribution is 2.31. The van der Waals surface area contributed by atoms with Crippen molar-refractivity contribution in [2.24, 2.45) is 0 Å². The molecule has 1 aliphatic rings. The van der Waals surface area contributed by atoms with Gasteiger partial charge < -0.3 is 21.5 Å². The summed E-state index contributed by atoms with van der Waals surface area (Å²) < 4.78 is 38.6. The number of aromatic hydroxyl groups is 1. The molecule has 10 heteroatoms. The number of hydrogen-bond donors (Lipinski definition) is 4. The molecule has 0 radical (unpaired) electrons. The Morgan fingerprint density at radius 3 is 2.66 bits per heavy atom. The van der Waals surface area contributed by atoms with Gasteiger partial charge in [-0.15, -0.1) is 0 Å². The number of nitrogens with zero attached hydrogens (tertiary/aromatic N) is 1. The molecule has 1 aliphatic heterocycles. The van der Waals surface area contributed by atoms with E-state index in [4.69, 9.17) is 5.73 Å². The summed E-state index contributed by atoms with van der Waals surface area (Å²) in [6.45, 7) is 3.53. The van der Waals surface area contributed by atoms with Gasteiger partial charge in [-0.2, -0.15) is 13.2 Å². The molecule has 0 spiro atoms. The summed E-state index contributed by atoms with van der Waals surface area (Å²) in [5.41, 5.74) is 6.04. The van der Waals surface area contributed by atoms with Crippen LogP contribution >= 0.6 is 0 Å². The first-order valence-corrected chi connectivity index (χ1v) is 10.1. The number of nitrogens with two attached hydrogens (primary N) is 1. The van der Waals surface area contributed by atoms with E-state index in [1.54, 1.807) is 6.07 Å². The SMILES string of the molecule is Cc1cc(CN2CC[C@@H](NC(=O)CNC(=O)c3cc(C(F)(F)F)ccc3N)C2)ccc1O. The third kappa shape index (κ3) is 5.91. The van der Waals surface area contributed by atoms with Gasteiger partial charge in [0.05, 0.1) is 17.7 Å². The number of benzene rings is 2. The number of nitrogen functional groups attached to an aromatic ring is 1. The Morgan fingerprint density at radius 2 is 1.97 bits per heavy atom. The Labute approximate surface area is 183 Å². The molecule has 2 aromatic carbocycles. The second-order valence-corrected chi connectivity index (χ2v) is 7.89. The van der Waals surface area contributed by atoms with Gasteiger partial charge in [-0.1, -0.05) is 12.1 Å². The van der Waals surface area contributed by atoms with E-state index in [0.717, 1.165) is 36.2 Å². The molecule has 172 valence electrons. The molecular formula is C22H25F3N4O3. The van der Waals surface area contributed by atoms with Crippen LogP contribution in [0.4, 0.5) is 18.9 Å². The van der Waals surface area contributed by atoms with E-state index in [9.17, 15) is 27.9 Å². The summed E-state index contributed by atoms with van der Waals surface area (Å²) in [7, 11) is 0. The van der Waals surface area contributed by atoms with Gasteiger partial charge >= 0.3 is 6.18 Å². The van der Waals surface area contributed by atoms with Gasteiger partial charge in [0.25, 0.3) is 5.91 Å². The van der Waals surface area contributed by atoms with Gasteiger partial charge in [0, 0.05) is 31.4 Å². The molecule has 0 aliphatic carbocycles. The van der Waals surface area contributed by atoms with Crippen molar-refractivity contribution in [1.82, 2.24) is 15.5 Å². The van der Waals surface area contributed by atoms with Crippen molar-refractivity contribution in [3.05, 3.63) is 58.7 Å². The van der Waals surface area contributed by atoms with Crippen molar-refractivity contribution in [3.63, 3.8) is 0 Å². The maximum atomic E-state index is 12.9. The summed E-state index contributed by atoms with van der Waals surface area (Å²) in [6.07, 6.45) is -3.87. The summed E-state index contributed by atoms with van der Waals surface area (Å²) in [4.78, 5) is 26.6. The second-order valence-electron chi connectivity index (χ2n) is 7.89. The lowest BCUT2D eigenvalue weighted by molar-refractivity contribution is -0.137. The summed E-state index contributed by atoms with van der Waals surface area (Å²) >= 11 is 0. The van der Waals surface area contributed by atoms with Crippen LogP contribution in [0, 0.1) is 6.92 Å². The van der Waals surface area contributed by atoms with E-state index in [1.165, 1.54) is 0 Å². The maximum absolute atomic E-state index is 12.9. The van der Waals surface area contributed by atoms with E-state index in [-0.39, 0.29) is 29.6 Å². The fourth-order valence-electron chi connectivity index (χ4n) is 3.63. The number of aryl methyl sites for hydroxylation is 1. The predicted octanol–water partition coefficient (Wildman–Crippen LogP) is 2.42. The van der Waals surface area contributed by atoms with Crippen LogP contribution in [-0.2, 0) is 17.5 Å². The number of anilines is 1. The molecular weight excluding hydrogens is 425 g/mol. The lowest BCUT2D eigenvalue weighted by atomic mass is 10.1. The number of carbonyl (C=O) groups excluding carboxylic acids is 2. The molecule has 5 N–H and O–H groups in total. The zero-order valence-electron chi connectivity index (χ0n) is 17.5. The van der Waals surface area contributed by atoms with Gasteiger partial charge in [-0.25, -0.2) is 0 Å². The van der Waals surface area contributed by atoms with Crippen LogP contribution in [0.3, 0.4) is 0 Å². The van der Waals surface area contributed by atoms with Gasteiger partial charge in [0.1, 0.15) is 5.75 Å². The number of alkyl halides is 3. The number of rotatable bonds is 6. The van der Waals surface area contributed by atoms with Gasteiger partial charge in [0.15, 0.2) is 0 Å². The summed E-state index contributed by atoms with van der Waals surface area (Å²) in [5, 5.41) is 14.8. The van der Waals surface area contributed by atoms with Crippen LogP contribution in [-0.4, -0.2) is 47.5 Å². The van der Waals surface area contributed by atoms with Crippen molar-refractivity contribution in [3.8, 4) is 5.75 Å². The molecule has 2 amide bonds. The first-order valence-electron chi connectivity index (χ1n) is 10.1. The normalized spacial score (nSPS) is 16.7. The van der Waals surface area contributed by atoms with Crippen molar-refractivity contribution >= 4 is 17.5 Å². The number of likely N-dealkylation sites (tertiary alicyclic amines) is 1. The number of amides is 2. The molecule has 1 saturated heterocycles. The first-order chi connectivity index (χ1) is 15.0. The molecule has 0 unspecified atom stereocenters. The quantitative estimate of drug-likeness (QED) is 0.506. The number of halogens is 3. The molecule has 32 heavy (non-hydrogen) atoms. The van der Waals surface area contributed by atoms with Crippen molar-refractivity contribution < 1.29 is 27.9 Å². The van der Waals surface area contributed by atoms with E-state index in [1.807, 2.05) is 19.1 Å². The largest absolute Gasteiger partial charge is 0.508 e. The Balaban J connectivity index is 1.48. The average molecular weight is 450 g/mol. The van der Waals surface area contributed by atoms with E-state index in [2.05, 4.69) is 15.5 Å². The third-order valence-electron chi connectivity index (χ3n) is 5.34. The van der Waals surface area contributed by atoms with Crippen LogP contribution < -0.4 is 16.4 Å². The number of hydrogen-bond acceptors (Lipinski definition) is 5. The molecule has 1 heterocycles. The minimum Gasteiger partial charge on any atom is -0.508 e. The molecule has 2 aromatic rings. The minimum absolute atomic E-state index is 0.101. The first kappa shape index (κ1) is 23.4. The third-order valence-corrected chi connectivity index (χ3v) is 5.34. The molecule has 0 bridgehead atoms. The highest BCUT2D eigenvalue weighted by atomic mass is 19.4. The Bertz CT molecular complexity index is 1010. The summed E-state index contributed by atoms with van der Waals surface area (Å²) in [6, 6.07) is 7.79. The number of phenols is 1. The van der Waals surface area contributed by atoms with Crippen LogP contribution in [0.2, 0.25) is 0 Å². The molecule has 1 fully saturated rings. The van der Waals surface area contributed by atoms with Crippen LogP contribution in [0.25, 0.3) is 0 Å². The Kier molecular flexibility index (Phi) is 6.93. The highest BCUT2D eigenvalue weighted by molar-refractivity contribution is 6.00. The molecule has 1 atom stereocenters. The average Bonchev–Trinajstić information content (AvgIpc) is 3.15. The van der Waals surface area contributed by atoms with Crippen LogP contribution in [0.15, 0.2) is 36.4 Å². The second kappa shape index (κ2) is 9.47. The van der Waals surface area contributed by atoms with E-state index in [0.29, 0.717) is 19.2 Å². The standard InChI is InChI=1S/C22H25F3N4O3/c1-13-8-14(2-5-19(13)30)11-29-7-6-16(12-29)28-20(31)10-27-21(32)17-9-15(22(23,24)25)3-4-18(17)26/h2-5,8-9,16,30H,6-7,10-12,26H2,1H3,(H,27,32)(H,28,31)/t16-/m1/s1. The molecule has 0 saturated carbocycles. The minimum atomic E-state index is -4.60. The van der Waals surface area contributed by atoms with Gasteiger partial charge in [0.2, 0.25) is 5.91 Å². The number of phenolic OH excluding ortho intramolecular Hbond substituents is 1. The van der Waals surface area contributed by atoms with E-state index >= 15 is 0 Å². The van der Waals surface area contributed by atoms with Crippen LogP contribution in [0.1, 0.15) is 33.5 Å². The van der Waals surface area contributed by atoms with E-state index < -0.39 is 23.6 Å². The maximum Gasteiger partial charge on any atom is 0.416 e. The van der Waals surface area contributed by atoms with Crippen LogP contribution in [0.5, 0.6) is 5.75 Å². The van der Waals surface area contributed by atoms with Gasteiger partial charge in [-0.05, 0) is 48.7 Å². The predicted molar refractivity (Wildman–Crippen MR) is 113 cm³/mol. The Morgan fingerprint density at radius 1 is 1.22 bits per heavy atom. The fraction of sp³-hybridized carbons (Fsp3) is 0.364. The zero-order chi connectivity index (χ0) is 23.5. The molecule has 7 nitrogen and oxygen atoms in total. The fourth-order valence-corrected chi connectivity index (χ4v) is 3.63. The Hall–Kier alpha value is -3.27. The molecule has 0 aromatic heterocycles. The topological polar surface area (TPSA) is 108 Å². The number of nitrogens with one attached hydrogen (secondary N) is 2. The number of carbonyl (C=O) groups is 2. The van der Waals surface area contributed by atoms with Crippen molar-refractivity contribution in [1.29, 1.82) is 0 Å². The van der Waals surface area contributed by atoms with Crippen molar-refractivity contribution in [2.45, 2.75) is 32.1 Å². The lowest BCUT2D eigenvalue weighted by Crippen LogP contribution is -2.43. The smallest absolute Gasteiger partial charge is 0.416 e. The van der Waals surface area contributed by atoms with Gasteiger partial charge in [-0.3, -0.25) is 14.5 Å². The lowest BCUT2D eigenvalue weighted by Gasteiger charge is -2.17. The van der Waals surface area contributed by atoms with Crippen molar-refractivity contribution in [2.75, 3.05) is 25.4 Å². The zero-order valence-corrected chi connectivity index (χ0v) is 17.5. The molecule has 3 rings (SSSR count). The highest BCUT2D eigenvalue weighted by Gasteiger charge is 2.31. The summed E-state index contributed by atoms with van der Waals surface area (Å²) in [5.74, 6) is -1.04.